The molecule has 1 aliphatic rings. The second-order valence-corrected chi connectivity index (χ2v) is 6.80. The molecule has 0 aliphatic carbocycles. The molecule has 0 unspecified atom stereocenters. The molecule has 3 aromatic rings. The highest BCUT2D eigenvalue weighted by atomic mass is 16.2. The van der Waals surface area contributed by atoms with E-state index in [1.165, 1.54) is 0 Å². The van der Waals surface area contributed by atoms with Gasteiger partial charge in [0.05, 0.1) is 24.3 Å². The largest absolute Gasteiger partial charge is 0.334 e. The van der Waals surface area contributed by atoms with Crippen LogP contribution in [0.4, 0.5) is 0 Å². The van der Waals surface area contributed by atoms with Crippen molar-refractivity contribution in [3.63, 3.8) is 0 Å². The van der Waals surface area contributed by atoms with Gasteiger partial charge in [-0.05, 0) is 49.9 Å². The highest BCUT2D eigenvalue weighted by molar-refractivity contribution is 5.97. The Kier molecular flexibility index (Phi) is 3.99. The van der Waals surface area contributed by atoms with Crippen molar-refractivity contribution in [2.75, 3.05) is 6.54 Å². The molecule has 0 bridgehead atoms. The van der Waals surface area contributed by atoms with Crippen LogP contribution in [0.3, 0.4) is 0 Å². The molecule has 0 spiro atoms. The molecule has 3 heterocycles. The zero-order valence-electron chi connectivity index (χ0n) is 14.6. The molecule has 0 saturated carbocycles. The van der Waals surface area contributed by atoms with E-state index >= 15 is 0 Å². The average molecular weight is 338 g/mol. The number of carbonyl (C=O) groups excluding carboxylic acids is 1. The predicted molar refractivity (Wildman–Crippen MR) is 94.1 cm³/mol. The predicted octanol–water partition coefficient (Wildman–Crippen LogP) is 2.17. The molecular weight excluding hydrogens is 316 g/mol. The highest BCUT2D eigenvalue weighted by Crippen LogP contribution is 2.22. The van der Waals surface area contributed by atoms with Crippen LogP contribution in [0, 0.1) is 6.92 Å². The molecule has 7 nitrogen and oxygen atoms in total. The minimum atomic E-state index is 0.0705. The van der Waals surface area contributed by atoms with E-state index in [-0.39, 0.29) is 11.9 Å². The normalized spacial score (nSPS) is 18.0. The van der Waals surface area contributed by atoms with Crippen LogP contribution in [0.2, 0.25) is 0 Å². The Balaban J connectivity index is 1.58. The fourth-order valence-corrected chi connectivity index (χ4v) is 3.58. The van der Waals surface area contributed by atoms with Gasteiger partial charge in [0.25, 0.3) is 5.91 Å². The first-order valence-electron chi connectivity index (χ1n) is 8.71. The lowest BCUT2D eigenvalue weighted by Gasteiger charge is -2.35. The summed E-state index contributed by atoms with van der Waals surface area (Å²) in [5, 5.41) is 12.5. The molecule has 0 radical (unpaired) electrons. The van der Waals surface area contributed by atoms with Crippen molar-refractivity contribution < 1.29 is 4.79 Å². The van der Waals surface area contributed by atoms with E-state index in [9.17, 15) is 4.79 Å². The van der Waals surface area contributed by atoms with E-state index in [0.717, 1.165) is 48.9 Å². The number of aryl methyl sites for hydroxylation is 2. The van der Waals surface area contributed by atoms with Gasteiger partial charge in [-0.15, -0.1) is 5.10 Å². The topological polar surface area (TPSA) is 68.8 Å². The molecule has 7 heteroatoms. The number of fused-ring (bicyclic) bond motifs is 1. The Labute approximate surface area is 146 Å². The van der Waals surface area contributed by atoms with Gasteiger partial charge in [0.15, 0.2) is 0 Å². The Morgan fingerprint density at radius 2 is 2.20 bits per heavy atom. The van der Waals surface area contributed by atoms with Crippen LogP contribution in [0.15, 0.2) is 30.6 Å². The van der Waals surface area contributed by atoms with Crippen LogP contribution in [-0.2, 0) is 13.6 Å². The van der Waals surface area contributed by atoms with Crippen molar-refractivity contribution in [2.24, 2.45) is 7.05 Å². The lowest BCUT2D eigenvalue weighted by molar-refractivity contribution is 0.0584. The van der Waals surface area contributed by atoms with Crippen molar-refractivity contribution in [3.8, 4) is 0 Å². The maximum atomic E-state index is 13.1. The quantitative estimate of drug-likeness (QED) is 0.734. The first kappa shape index (κ1) is 15.8. The Hall–Kier alpha value is -2.70. The van der Waals surface area contributed by atoms with Crippen LogP contribution in [0.1, 0.15) is 35.2 Å². The van der Waals surface area contributed by atoms with Gasteiger partial charge in [-0.2, -0.15) is 5.10 Å². The second-order valence-electron chi connectivity index (χ2n) is 6.80. The lowest BCUT2D eigenvalue weighted by Crippen LogP contribution is -2.45. The smallest absolute Gasteiger partial charge is 0.254 e. The number of carbonyl (C=O) groups is 1. The standard InChI is InChI=1S/C18H22N6O/c1-13-10-19-23(11-13)12-15-5-3-4-8-24(15)18(25)14-6-7-17-16(9-14)20-21-22(17)2/h6-7,9-11,15H,3-5,8,12H2,1-2H3/t15-/m0/s1. The fourth-order valence-electron chi connectivity index (χ4n) is 3.58. The summed E-state index contributed by atoms with van der Waals surface area (Å²) in [7, 11) is 1.85. The van der Waals surface area contributed by atoms with Gasteiger partial charge in [0.1, 0.15) is 5.52 Å². The molecule has 1 saturated heterocycles. The molecule has 4 rings (SSSR count). The van der Waals surface area contributed by atoms with E-state index in [4.69, 9.17) is 0 Å². The number of amides is 1. The summed E-state index contributed by atoms with van der Waals surface area (Å²) < 4.78 is 3.66. The number of hydrogen-bond donors (Lipinski definition) is 0. The maximum Gasteiger partial charge on any atom is 0.254 e. The number of piperidine rings is 1. The third-order valence-corrected chi connectivity index (χ3v) is 4.91. The van der Waals surface area contributed by atoms with Gasteiger partial charge >= 0.3 is 0 Å². The van der Waals surface area contributed by atoms with E-state index in [0.29, 0.717) is 5.56 Å². The lowest BCUT2D eigenvalue weighted by atomic mass is 10.0. The van der Waals surface area contributed by atoms with E-state index in [2.05, 4.69) is 15.4 Å². The Bertz CT molecular complexity index is 911. The van der Waals surface area contributed by atoms with Crippen LogP contribution >= 0.6 is 0 Å². The molecular formula is C18H22N6O. The van der Waals surface area contributed by atoms with Gasteiger partial charge in [0, 0.05) is 25.4 Å². The fraction of sp³-hybridized carbons (Fsp3) is 0.444. The van der Waals surface area contributed by atoms with Gasteiger partial charge < -0.3 is 4.90 Å². The van der Waals surface area contributed by atoms with Gasteiger partial charge in [-0.25, -0.2) is 4.68 Å². The number of nitrogens with zero attached hydrogens (tertiary/aromatic N) is 6. The summed E-state index contributed by atoms with van der Waals surface area (Å²) in [6.07, 6.45) is 7.10. The van der Waals surface area contributed by atoms with Crippen molar-refractivity contribution >= 4 is 16.9 Å². The van der Waals surface area contributed by atoms with Crippen LogP contribution in [0.5, 0.6) is 0 Å². The molecule has 1 aliphatic heterocycles. The Morgan fingerprint density at radius 3 is 3.00 bits per heavy atom. The second kappa shape index (κ2) is 6.31. The first-order valence-corrected chi connectivity index (χ1v) is 8.71. The molecule has 1 atom stereocenters. The minimum absolute atomic E-state index is 0.0705. The van der Waals surface area contributed by atoms with Crippen molar-refractivity contribution in [3.05, 3.63) is 41.7 Å². The highest BCUT2D eigenvalue weighted by Gasteiger charge is 2.28. The molecule has 1 amide bonds. The summed E-state index contributed by atoms with van der Waals surface area (Å²) in [5.74, 6) is 0.0705. The number of hydrogen-bond acceptors (Lipinski definition) is 4. The van der Waals surface area contributed by atoms with Gasteiger partial charge in [0.2, 0.25) is 0 Å². The summed E-state index contributed by atoms with van der Waals surface area (Å²) in [4.78, 5) is 15.1. The van der Waals surface area contributed by atoms with Crippen molar-refractivity contribution in [1.29, 1.82) is 0 Å². The summed E-state index contributed by atoms with van der Waals surface area (Å²) in [6, 6.07) is 5.81. The third-order valence-electron chi connectivity index (χ3n) is 4.91. The maximum absolute atomic E-state index is 13.1. The van der Waals surface area contributed by atoms with Crippen LogP contribution < -0.4 is 0 Å². The van der Waals surface area contributed by atoms with E-state index in [1.54, 1.807) is 4.68 Å². The van der Waals surface area contributed by atoms with Crippen LogP contribution in [-0.4, -0.2) is 48.2 Å². The monoisotopic (exact) mass is 338 g/mol. The van der Waals surface area contributed by atoms with E-state index < -0.39 is 0 Å². The zero-order chi connectivity index (χ0) is 17.4. The summed E-state index contributed by atoms with van der Waals surface area (Å²) >= 11 is 0. The number of aromatic nitrogens is 5. The molecule has 1 fully saturated rings. The molecule has 130 valence electrons. The SMILES string of the molecule is Cc1cnn(C[C@@H]2CCCCN2C(=O)c2ccc3c(c2)nnn3C)c1. The van der Waals surface area contributed by atoms with Gasteiger partial charge in [-0.1, -0.05) is 5.21 Å². The van der Waals surface area contributed by atoms with E-state index in [1.807, 2.05) is 54.1 Å². The molecule has 2 aromatic heterocycles. The molecule has 0 N–H and O–H groups in total. The number of benzene rings is 1. The zero-order valence-corrected chi connectivity index (χ0v) is 14.6. The number of likely N-dealkylation sites (tertiary alicyclic amines) is 1. The average Bonchev–Trinajstić information content (AvgIpc) is 3.20. The molecule has 1 aromatic carbocycles. The van der Waals surface area contributed by atoms with Crippen LogP contribution in [0.25, 0.3) is 11.0 Å². The summed E-state index contributed by atoms with van der Waals surface area (Å²) in [6.45, 7) is 3.57. The first-order chi connectivity index (χ1) is 12.1. The third kappa shape index (κ3) is 3.01. The Morgan fingerprint density at radius 1 is 1.32 bits per heavy atom. The minimum Gasteiger partial charge on any atom is -0.334 e. The summed E-state index contributed by atoms with van der Waals surface area (Å²) in [5.41, 5.74) is 3.50. The molecule has 25 heavy (non-hydrogen) atoms. The van der Waals surface area contributed by atoms with Crippen molar-refractivity contribution in [1.82, 2.24) is 29.7 Å². The number of rotatable bonds is 3. The van der Waals surface area contributed by atoms with Crippen molar-refractivity contribution in [2.45, 2.75) is 38.8 Å². The van der Waals surface area contributed by atoms with Gasteiger partial charge in [-0.3, -0.25) is 9.48 Å².